The molecular weight excluding hydrogens is 236 g/mol. The van der Waals surface area contributed by atoms with Gasteiger partial charge in [-0.15, -0.1) is 0 Å². The molecule has 3 rings (SSSR count). The maximum atomic E-state index is 6.00. The molecule has 0 radical (unpaired) electrons. The van der Waals surface area contributed by atoms with Gasteiger partial charge in [-0.25, -0.2) is 4.98 Å². The molecule has 0 bridgehead atoms. The third-order valence-corrected chi connectivity index (χ3v) is 3.09. The Morgan fingerprint density at radius 1 is 1.11 bits per heavy atom. The summed E-state index contributed by atoms with van der Waals surface area (Å²) < 4.78 is 0. The Kier molecular flexibility index (Phi) is 2.63. The van der Waals surface area contributed by atoms with Crippen molar-refractivity contribution < 1.29 is 0 Å². The number of hydrogen-bond donors (Lipinski definition) is 3. The van der Waals surface area contributed by atoms with Crippen LogP contribution in [0.2, 0.25) is 0 Å². The zero-order valence-corrected chi connectivity index (χ0v) is 11.0. The van der Waals surface area contributed by atoms with Crippen LogP contribution in [0, 0.1) is 13.8 Å². The first-order valence-corrected chi connectivity index (χ1v) is 6.21. The summed E-state index contributed by atoms with van der Waals surface area (Å²) >= 11 is 0. The molecule has 0 saturated carbocycles. The number of nitrogens with zero attached hydrogens (tertiary/aromatic N) is 1. The molecule has 0 fully saturated rings. The number of H-pyrrole nitrogens is 1. The summed E-state index contributed by atoms with van der Waals surface area (Å²) in [6, 6.07) is 12.0. The van der Waals surface area contributed by atoms with Gasteiger partial charge in [0.2, 0.25) is 0 Å². The molecule has 0 amide bonds. The second kappa shape index (κ2) is 4.31. The van der Waals surface area contributed by atoms with Crippen LogP contribution in [0.25, 0.3) is 11.0 Å². The van der Waals surface area contributed by atoms with Crippen LogP contribution in [0.1, 0.15) is 11.4 Å². The summed E-state index contributed by atoms with van der Waals surface area (Å²) in [6.07, 6.45) is 0. The van der Waals surface area contributed by atoms with Crippen LogP contribution in [0.3, 0.4) is 0 Å². The number of aromatic amines is 1. The number of aryl methyl sites for hydroxylation is 2. The lowest BCUT2D eigenvalue weighted by Crippen LogP contribution is -1.96. The van der Waals surface area contributed by atoms with Crippen LogP contribution in [0.5, 0.6) is 0 Å². The van der Waals surface area contributed by atoms with Crippen LogP contribution < -0.4 is 11.1 Å². The molecule has 4 N–H and O–H groups in total. The van der Waals surface area contributed by atoms with Crippen LogP contribution >= 0.6 is 0 Å². The smallest absolute Gasteiger partial charge is 0.104 e. The van der Waals surface area contributed by atoms with Crippen molar-refractivity contribution >= 4 is 28.1 Å². The predicted molar refractivity (Wildman–Crippen MR) is 79.7 cm³/mol. The molecule has 0 aliphatic heterocycles. The molecule has 4 nitrogen and oxygen atoms in total. The second-order valence-corrected chi connectivity index (χ2v) is 4.77. The fourth-order valence-electron chi connectivity index (χ4n) is 2.17. The Balaban J connectivity index is 1.96. The zero-order valence-electron chi connectivity index (χ0n) is 11.0. The van der Waals surface area contributed by atoms with Gasteiger partial charge in [-0.05, 0) is 49.7 Å². The quantitative estimate of drug-likeness (QED) is 0.611. The van der Waals surface area contributed by atoms with Gasteiger partial charge in [0, 0.05) is 5.69 Å². The topological polar surface area (TPSA) is 66.7 Å². The lowest BCUT2D eigenvalue weighted by atomic mass is 10.2. The van der Waals surface area contributed by atoms with E-state index in [0.29, 0.717) is 0 Å². The molecule has 0 aliphatic rings. The standard InChI is InChI=1S/C15H16N4/c1-9-3-5-13(12(16)7-9)19-11-4-6-14-15(8-11)18-10(2)17-14/h3-8,19H,16H2,1-2H3,(H,17,18). The lowest BCUT2D eigenvalue weighted by molar-refractivity contribution is 1.17. The highest BCUT2D eigenvalue weighted by molar-refractivity contribution is 5.82. The molecular formula is C15H16N4. The van der Waals surface area contributed by atoms with E-state index in [2.05, 4.69) is 15.3 Å². The molecule has 3 aromatic rings. The molecule has 2 aromatic carbocycles. The molecule has 0 saturated heterocycles. The van der Waals surface area contributed by atoms with E-state index in [4.69, 9.17) is 5.73 Å². The molecule has 4 heteroatoms. The van der Waals surface area contributed by atoms with E-state index in [1.807, 2.05) is 50.2 Å². The minimum absolute atomic E-state index is 0.751. The predicted octanol–water partition coefficient (Wildman–Crippen LogP) is 3.51. The number of hydrogen-bond acceptors (Lipinski definition) is 3. The Bertz CT molecular complexity index is 743. The number of aromatic nitrogens is 2. The Morgan fingerprint density at radius 3 is 2.74 bits per heavy atom. The van der Waals surface area contributed by atoms with E-state index >= 15 is 0 Å². The highest BCUT2D eigenvalue weighted by Crippen LogP contribution is 2.25. The number of nitrogen functional groups attached to an aromatic ring is 1. The van der Waals surface area contributed by atoms with Gasteiger partial charge in [0.05, 0.1) is 22.4 Å². The summed E-state index contributed by atoms with van der Waals surface area (Å²) in [7, 11) is 0. The van der Waals surface area contributed by atoms with Crippen molar-refractivity contribution in [2.24, 2.45) is 0 Å². The number of rotatable bonds is 2. The van der Waals surface area contributed by atoms with Crippen molar-refractivity contribution in [2.75, 3.05) is 11.1 Å². The summed E-state index contributed by atoms with van der Waals surface area (Å²) in [4.78, 5) is 7.61. The first-order chi connectivity index (χ1) is 9.11. The van der Waals surface area contributed by atoms with E-state index in [1.165, 1.54) is 0 Å². The summed E-state index contributed by atoms with van der Waals surface area (Å²) in [5.41, 5.74) is 11.8. The van der Waals surface area contributed by atoms with Gasteiger partial charge in [0.1, 0.15) is 5.82 Å². The van der Waals surface area contributed by atoms with Crippen LogP contribution in [0.4, 0.5) is 17.1 Å². The SMILES string of the molecule is Cc1ccc(Nc2ccc3nc(C)[nH]c3c2)c(N)c1. The largest absolute Gasteiger partial charge is 0.397 e. The van der Waals surface area contributed by atoms with Gasteiger partial charge < -0.3 is 16.0 Å². The van der Waals surface area contributed by atoms with Crippen molar-refractivity contribution in [3.63, 3.8) is 0 Å². The average Bonchev–Trinajstić information content (AvgIpc) is 2.72. The molecule has 0 unspecified atom stereocenters. The Hall–Kier alpha value is -2.49. The number of nitrogens with one attached hydrogen (secondary N) is 2. The first-order valence-electron chi connectivity index (χ1n) is 6.21. The summed E-state index contributed by atoms with van der Waals surface area (Å²) in [6.45, 7) is 3.98. The van der Waals surface area contributed by atoms with E-state index < -0.39 is 0 Å². The molecule has 1 heterocycles. The van der Waals surface area contributed by atoms with Crippen molar-refractivity contribution in [3.05, 3.63) is 47.8 Å². The molecule has 96 valence electrons. The highest BCUT2D eigenvalue weighted by Gasteiger charge is 2.03. The Labute approximate surface area is 111 Å². The number of imidazole rings is 1. The normalized spacial score (nSPS) is 10.8. The zero-order chi connectivity index (χ0) is 13.4. The Morgan fingerprint density at radius 2 is 1.95 bits per heavy atom. The van der Waals surface area contributed by atoms with Gasteiger partial charge >= 0.3 is 0 Å². The highest BCUT2D eigenvalue weighted by atomic mass is 14.9. The van der Waals surface area contributed by atoms with Gasteiger partial charge in [-0.2, -0.15) is 0 Å². The van der Waals surface area contributed by atoms with Gasteiger partial charge in [0.15, 0.2) is 0 Å². The van der Waals surface area contributed by atoms with Crippen molar-refractivity contribution in [3.8, 4) is 0 Å². The first kappa shape index (κ1) is 11.6. The van der Waals surface area contributed by atoms with Crippen LogP contribution in [-0.4, -0.2) is 9.97 Å². The van der Waals surface area contributed by atoms with Crippen molar-refractivity contribution in [1.82, 2.24) is 9.97 Å². The van der Waals surface area contributed by atoms with Gasteiger partial charge in [-0.1, -0.05) is 6.07 Å². The average molecular weight is 252 g/mol. The lowest BCUT2D eigenvalue weighted by Gasteiger charge is -2.10. The molecule has 1 aromatic heterocycles. The number of anilines is 3. The summed E-state index contributed by atoms with van der Waals surface area (Å²) in [5.74, 6) is 0.919. The molecule has 0 atom stereocenters. The van der Waals surface area contributed by atoms with Gasteiger partial charge in [0.25, 0.3) is 0 Å². The minimum Gasteiger partial charge on any atom is -0.397 e. The maximum absolute atomic E-state index is 6.00. The summed E-state index contributed by atoms with van der Waals surface area (Å²) in [5, 5.41) is 3.33. The fourth-order valence-corrected chi connectivity index (χ4v) is 2.17. The number of benzene rings is 2. The second-order valence-electron chi connectivity index (χ2n) is 4.77. The van der Waals surface area contributed by atoms with Crippen molar-refractivity contribution in [1.29, 1.82) is 0 Å². The van der Waals surface area contributed by atoms with E-state index in [0.717, 1.165) is 39.5 Å². The monoisotopic (exact) mass is 252 g/mol. The fraction of sp³-hybridized carbons (Fsp3) is 0.133. The van der Waals surface area contributed by atoms with Gasteiger partial charge in [-0.3, -0.25) is 0 Å². The number of fused-ring (bicyclic) bond motifs is 1. The third kappa shape index (κ3) is 2.25. The third-order valence-electron chi connectivity index (χ3n) is 3.09. The molecule has 19 heavy (non-hydrogen) atoms. The van der Waals surface area contributed by atoms with Crippen LogP contribution in [-0.2, 0) is 0 Å². The molecule has 0 spiro atoms. The minimum atomic E-state index is 0.751. The number of nitrogens with two attached hydrogens (primary N) is 1. The van der Waals surface area contributed by atoms with E-state index in [1.54, 1.807) is 0 Å². The van der Waals surface area contributed by atoms with E-state index in [-0.39, 0.29) is 0 Å². The van der Waals surface area contributed by atoms with Crippen molar-refractivity contribution in [2.45, 2.75) is 13.8 Å². The maximum Gasteiger partial charge on any atom is 0.104 e. The van der Waals surface area contributed by atoms with Crippen LogP contribution in [0.15, 0.2) is 36.4 Å². The van der Waals surface area contributed by atoms with E-state index in [9.17, 15) is 0 Å². The molecule has 0 aliphatic carbocycles.